The topological polar surface area (TPSA) is 74.1 Å². The molecule has 0 bridgehead atoms. The first kappa shape index (κ1) is 10.5. The summed E-state index contributed by atoms with van der Waals surface area (Å²) in [5, 5.41) is 10.1. The van der Waals surface area contributed by atoms with Crippen molar-refractivity contribution in [1.82, 2.24) is 10.2 Å². The number of rotatable bonds is 3. The zero-order valence-electron chi connectivity index (χ0n) is 9.10. The van der Waals surface area contributed by atoms with Crippen LogP contribution in [-0.2, 0) is 9.59 Å². The predicted octanol–water partition coefficient (Wildman–Crippen LogP) is -0.323. The molecule has 0 radical (unpaired) electrons. The van der Waals surface area contributed by atoms with Gasteiger partial charge in [0.1, 0.15) is 0 Å². The highest BCUT2D eigenvalue weighted by Gasteiger charge is 2.31. The molecule has 6 nitrogen and oxygen atoms in total. The van der Waals surface area contributed by atoms with Crippen LogP contribution >= 0.6 is 0 Å². The number of fused-ring (bicyclic) bond motifs is 1. The van der Waals surface area contributed by atoms with E-state index in [4.69, 9.17) is 0 Å². The Morgan fingerprint density at radius 1 is 1.62 bits per heavy atom. The summed E-state index contributed by atoms with van der Waals surface area (Å²) in [7, 11) is 0. The van der Waals surface area contributed by atoms with Crippen molar-refractivity contribution in [2.45, 2.75) is 19.9 Å². The van der Waals surface area contributed by atoms with Gasteiger partial charge in [-0.2, -0.15) is 5.10 Å². The molecule has 0 aromatic heterocycles. The lowest BCUT2D eigenvalue weighted by molar-refractivity contribution is -0.123. The highest BCUT2D eigenvalue weighted by Crippen LogP contribution is 2.16. The molecule has 2 aliphatic heterocycles. The summed E-state index contributed by atoms with van der Waals surface area (Å²) >= 11 is 0. The van der Waals surface area contributed by atoms with Gasteiger partial charge in [0.15, 0.2) is 5.71 Å². The minimum atomic E-state index is -0.162. The lowest BCUT2D eigenvalue weighted by atomic mass is 10.2. The molecule has 2 aliphatic rings. The van der Waals surface area contributed by atoms with E-state index in [0.29, 0.717) is 12.3 Å². The average molecular weight is 220 g/mol. The first-order valence-corrected chi connectivity index (χ1v) is 4.99. The quantitative estimate of drug-likeness (QED) is 0.707. The van der Waals surface area contributed by atoms with Crippen LogP contribution in [0, 0.1) is 0 Å². The Kier molecular flexibility index (Phi) is 2.55. The van der Waals surface area contributed by atoms with E-state index < -0.39 is 0 Å². The molecule has 2 rings (SSSR count). The summed E-state index contributed by atoms with van der Waals surface area (Å²) in [4.78, 5) is 24.1. The van der Waals surface area contributed by atoms with Crippen LogP contribution in [0.1, 0.15) is 13.8 Å². The smallest absolute Gasteiger partial charge is 0.279 e. The maximum atomic E-state index is 11.8. The monoisotopic (exact) mass is 220 g/mol. The summed E-state index contributed by atoms with van der Waals surface area (Å²) in [5.41, 5.74) is 1.12. The number of nitrogens with zero attached hydrogens (tertiary/aromatic N) is 3. The van der Waals surface area contributed by atoms with Gasteiger partial charge >= 0.3 is 0 Å². The van der Waals surface area contributed by atoms with Gasteiger partial charge in [-0.3, -0.25) is 9.59 Å². The SMILES string of the molecule is CC(=O)NC(C)CN1C=C2C=NN=C2C1=O. The van der Waals surface area contributed by atoms with E-state index in [1.807, 2.05) is 6.92 Å². The molecule has 0 aromatic rings. The Balaban J connectivity index is 2.00. The first-order valence-electron chi connectivity index (χ1n) is 4.99. The highest BCUT2D eigenvalue weighted by atomic mass is 16.2. The predicted molar refractivity (Wildman–Crippen MR) is 59.0 cm³/mol. The van der Waals surface area contributed by atoms with Crippen molar-refractivity contribution in [3.05, 3.63) is 11.8 Å². The normalized spacial score (nSPS) is 19.4. The molecule has 84 valence electrons. The minimum absolute atomic E-state index is 0.0883. The molecule has 0 spiro atoms. The van der Waals surface area contributed by atoms with Crippen LogP contribution in [0.5, 0.6) is 0 Å². The fourth-order valence-electron chi connectivity index (χ4n) is 1.71. The molecule has 1 unspecified atom stereocenters. The van der Waals surface area contributed by atoms with E-state index in [0.717, 1.165) is 5.57 Å². The third-order valence-electron chi connectivity index (χ3n) is 2.31. The molecule has 1 atom stereocenters. The van der Waals surface area contributed by atoms with E-state index in [1.54, 1.807) is 17.3 Å². The molecule has 0 saturated carbocycles. The van der Waals surface area contributed by atoms with Crippen LogP contribution < -0.4 is 5.32 Å². The lowest BCUT2D eigenvalue weighted by Crippen LogP contribution is -2.41. The molecule has 16 heavy (non-hydrogen) atoms. The summed E-state index contributed by atoms with van der Waals surface area (Å²) in [5.74, 6) is -0.268. The second kappa shape index (κ2) is 3.88. The first-order chi connectivity index (χ1) is 7.58. The van der Waals surface area contributed by atoms with E-state index in [-0.39, 0.29) is 17.9 Å². The molecular weight excluding hydrogens is 208 g/mol. The molecule has 0 saturated heterocycles. The van der Waals surface area contributed by atoms with Crippen molar-refractivity contribution in [3.63, 3.8) is 0 Å². The largest absolute Gasteiger partial charge is 0.352 e. The summed E-state index contributed by atoms with van der Waals surface area (Å²) in [6.07, 6.45) is 3.26. The molecule has 6 heteroatoms. The van der Waals surface area contributed by atoms with E-state index >= 15 is 0 Å². The Labute approximate surface area is 92.7 Å². The fourth-order valence-corrected chi connectivity index (χ4v) is 1.71. The minimum Gasteiger partial charge on any atom is -0.352 e. The van der Waals surface area contributed by atoms with Gasteiger partial charge in [0.2, 0.25) is 5.91 Å². The van der Waals surface area contributed by atoms with Crippen LogP contribution in [0.2, 0.25) is 0 Å². The Morgan fingerprint density at radius 2 is 2.38 bits per heavy atom. The molecule has 0 fully saturated rings. The van der Waals surface area contributed by atoms with Gasteiger partial charge in [0, 0.05) is 31.3 Å². The maximum absolute atomic E-state index is 11.8. The average Bonchev–Trinajstić information content (AvgIpc) is 2.70. The van der Waals surface area contributed by atoms with Crippen molar-refractivity contribution in [3.8, 4) is 0 Å². The summed E-state index contributed by atoms with van der Waals surface area (Å²) in [6, 6.07) is -0.0883. The van der Waals surface area contributed by atoms with Gasteiger partial charge in [0.25, 0.3) is 5.91 Å². The Morgan fingerprint density at radius 3 is 3.00 bits per heavy atom. The van der Waals surface area contributed by atoms with Gasteiger partial charge in [-0.25, -0.2) is 0 Å². The number of amides is 2. The third kappa shape index (κ3) is 1.86. The maximum Gasteiger partial charge on any atom is 0.279 e. The van der Waals surface area contributed by atoms with E-state index in [1.165, 1.54) is 6.92 Å². The zero-order chi connectivity index (χ0) is 11.7. The number of carbonyl (C=O) groups excluding carboxylic acids is 2. The Hall–Kier alpha value is -1.98. The standard InChI is InChI=1S/C10H12N4O2/c1-6(12-7(2)15)4-14-5-8-3-11-13-9(8)10(14)16/h3,5-6H,4H2,1-2H3,(H,12,15). The molecule has 0 aliphatic carbocycles. The Bertz CT molecular complexity index is 436. The number of nitrogens with one attached hydrogen (secondary N) is 1. The van der Waals surface area contributed by atoms with Gasteiger partial charge in [0.05, 0.1) is 6.21 Å². The summed E-state index contributed by atoms with van der Waals surface area (Å²) in [6.45, 7) is 3.73. The fraction of sp³-hybridized carbons (Fsp3) is 0.400. The van der Waals surface area contributed by atoms with E-state index in [2.05, 4.69) is 15.5 Å². The van der Waals surface area contributed by atoms with Crippen molar-refractivity contribution in [1.29, 1.82) is 0 Å². The molecular formula is C10H12N4O2. The van der Waals surface area contributed by atoms with Gasteiger partial charge in [-0.1, -0.05) is 0 Å². The second-order valence-electron chi connectivity index (χ2n) is 3.84. The van der Waals surface area contributed by atoms with Crippen molar-refractivity contribution in [2.75, 3.05) is 6.54 Å². The van der Waals surface area contributed by atoms with Crippen molar-refractivity contribution < 1.29 is 9.59 Å². The zero-order valence-corrected chi connectivity index (χ0v) is 9.10. The number of hydrogen-bond acceptors (Lipinski definition) is 4. The number of carbonyl (C=O) groups is 2. The van der Waals surface area contributed by atoms with E-state index in [9.17, 15) is 9.59 Å². The van der Waals surface area contributed by atoms with Gasteiger partial charge < -0.3 is 10.2 Å². The molecule has 2 heterocycles. The number of hydrogen-bond donors (Lipinski definition) is 1. The van der Waals surface area contributed by atoms with Crippen LogP contribution in [-0.4, -0.2) is 41.2 Å². The van der Waals surface area contributed by atoms with Crippen LogP contribution in [0.3, 0.4) is 0 Å². The summed E-state index contributed by atoms with van der Waals surface area (Å²) < 4.78 is 0. The molecule has 0 aromatic carbocycles. The molecule has 1 N–H and O–H groups in total. The van der Waals surface area contributed by atoms with Gasteiger partial charge in [-0.05, 0) is 6.92 Å². The lowest BCUT2D eigenvalue weighted by Gasteiger charge is -2.19. The third-order valence-corrected chi connectivity index (χ3v) is 2.31. The van der Waals surface area contributed by atoms with Crippen molar-refractivity contribution in [2.24, 2.45) is 10.2 Å². The van der Waals surface area contributed by atoms with Gasteiger partial charge in [-0.15, -0.1) is 5.10 Å². The van der Waals surface area contributed by atoms with Crippen LogP contribution in [0.15, 0.2) is 22.0 Å². The van der Waals surface area contributed by atoms with Crippen molar-refractivity contribution >= 4 is 23.7 Å². The van der Waals surface area contributed by atoms with Crippen LogP contribution in [0.25, 0.3) is 0 Å². The highest BCUT2D eigenvalue weighted by molar-refractivity contribution is 6.52. The molecule has 2 amide bonds. The second-order valence-corrected chi connectivity index (χ2v) is 3.84. The van der Waals surface area contributed by atoms with Crippen LogP contribution in [0.4, 0.5) is 0 Å².